The van der Waals surface area contributed by atoms with Gasteiger partial charge in [0.05, 0.1) is 28.5 Å². The van der Waals surface area contributed by atoms with Crippen LogP contribution in [0.4, 0.5) is 5.95 Å². The topological polar surface area (TPSA) is 39.1 Å². The van der Waals surface area contributed by atoms with E-state index in [1.807, 2.05) is 61.1 Å². The molecule has 130 valence electrons. The molecule has 0 radical (unpaired) electrons. The van der Waals surface area contributed by atoms with E-state index in [-0.39, 0.29) is 0 Å². The van der Waals surface area contributed by atoms with Gasteiger partial charge in [0.15, 0.2) is 0 Å². The van der Waals surface area contributed by atoms with Crippen LogP contribution in [0.1, 0.15) is 12.5 Å². The van der Waals surface area contributed by atoms with Crippen molar-refractivity contribution in [1.82, 2.24) is 9.55 Å². The van der Waals surface area contributed by atoms with E-state index in [1.165, 1.54) is 0 Å². The molecule has 25 heavy (non-hydrogen) atoms. The Morgan fingerprint density at radius 2 is 1.92 bits per heavy atom. The monoisotopic (exact) mass is 375 g/mol. The average Bonchev–Trinajstić information content (AvgIpc) is 2.98. The maximum atomic E-state index is 6.12. The lowest BCUT2D eigenvalue weighted by molar-refractivity contribution is 0.337. The number of para-hydroxylation sites is 1. The first-order valence-corrected chi connectivity index (χ1v) is 8.77. The van der Waals surface area contributed by atoms with Crippen LogP contribution >= 0.6 is 23.2 Å². The van der Waals surface area contributed by atoms with E-state index in [0.717, 1.165) is 28.5 Å². The van der Waals surface area contributed by atoms with Crippen molar-refractivity contribution >= 4 is 29.2 Å². The maximum Gasteiger partial charge on any atom is 0.203 e. The zero-order chi connectivity index (χ0) is 17.8. The number of benzene rings is 2. The summed E-state index contributed by atoms with van der Waals surface area (Å²) in [5.74, 6) is 1.66. The van der Waals surface area contributed by atoms with Crippen LogP contribution in [0.25, 0.3) is 11.3 Å². The Morgan fingerprint density at radius 1 is 1.12 bits per heavy atom. The van der Waals surface area contributed by atoms with Crippen molar-refractivity contribution < 1.29 is 4.74 Å². The quantitative estimate of drug-likeness (QED) is 0.626. The van der Waals surface area contributed by atoms with Crippen molar-refractivity contribution in [1.29, 1.82) is 0 Å². The normalized spacial score (nSPS) is 10.7. The predicted molar refractivity (Wildman–Crippen MR) is 104 cm³/mol. The van der Waals surface area contributed by atoms with Gasteiger partial charge in [-0.2, -0.15) is 0 Å². The summed E-state index contributed by atoms with van der Waals surface area (Å²) in [6.45, 7) is 3.25. The summed E-state index contributed by atoms with van der Waals surface area (Å²) in [5.41, 5.74) is 3.01. The summed E-state index contributed by atoms with van der Waals surface area (Å²) in [6, 6.07) is 13.5. The van der Waals surface area contributed by atoms with E-state index in [0.29, 0.717) is 23.2 Å². The predicted octanol–water partition coefficient (Wildman–Crippen LogP) is 5.40. The third-order valence-corrected chi connectivity index (χ3v) is 4.65. The molecule has 0 aliphatic carbocycles. The summed E-state index contributed by atoms with van der Waals surface area (Å²) in [5, 5.41) is 4.43. The number of aromatic nitrogens is 2. The molecule has 0 amide bonds. The molecule has 3 aromatic rings. The molecule has 1 aromatic heterocycles. The Morgan fingerprint density at radius 3 is 2.68 bits per heavy atom. The van der Waals surface area contributed by atoms with Gasteiger partial charge in [-0.05, 0) is 25.1 Å². The molecular formula is C19H19Cl2N3O. The van der Waals surface area contributed by atoms with Crippen molar-refractivity contribution in [2.45, 2.75) is 13.5 Å². The van der Waals surface area contributed by atoms with Gasteiger partial charge in [0, 0.05) is 24.7 Å². The molecule has 0 bridgehead atoms. The third kappa shape index (κ3) is 3.91. The number of imidazole rings is 1. The van der Waals surface area contributed by atoms with Gasteiger partial charge in [0.1, 0.15) is 5.75 Å². The highest BCUT2D eigenvalue weighted by atomic mass is 35.5. The number of halogens is 2. The molecule has 3 rings (SSSR count). The molecule has 0 spiro atoms. The lowest BCUT2D eigenvalue weighted by atomic mass is 10.2. The second-order valence-electron chi connectivity index (χ2n) is 5.55. The Hall–Kier alpha value is -2.17. The third-order valence-electron chi connectivity index (χ3n) is 3.91. The van der Waals surface area contributed by atoms with E-state index < -0.39 is 0 Å². The molecule has 0 atom stereocenters. The average molecular weight is 376 g/mol. The minimum Gasteiger partial charge on any atom is -0.494 e. The van der Waals surface area contributed by atoms with Crippen LogP contribution in [-0.2, 0) is 13.6 Å². The maximum absolute atomic E-state index is 6.12. The molecule has 0 unspecified atom stereocenters. The minimum absolute atomic E-state index is 0.528. The molecule has 4 nitrogen and oxygen atoms in total. The number of hydrogen-bond donors (Lipinski definition) is 1. The van der Waals surface area contributed by atoms with Gasteiger partial charge in [-0.3, -0.25) is 0 Å². The van der Waals surface area contributed by atoms with E-state index in [4.69, 9.17) is 27.9 Å². The number of hydrogen-bond acceptors (Lipinski definition) is 3. The van der Waals surface area contributed by atoms with Crippen LogP contribution in [0.3, 0.4) is 0 Å². The summed E-state index contributed by atoms with van der Waals surface area (Å²) < 4.78 is 7.65. The van der Waals surface area contributed by atoms with Crippen molar-refractivity contribution in [3.8, 4) is 17.0 Å². The van der Waals surface area contributed by atoms with Gasteiger partial charge in [0.2, 0.25) is 5.95 Å². The van der Waals surface area contributed by atoms with Crippen LogP contribution in [0.5, 0.6) is 5.75 Å². The molecule has 0 aliphatic heterocycles. The summed E-state index contributed by atoms with van der Waals surface area (Å²) in [4.78, 5) is 4.47. The van der Waals surface area contributed by atoms with Crippen molar-refractivity contribution in [3.63, 3.8) is 0 Å². The second kappa shape index (κ2) is 7.81. The Bertz CT molecular complexity index is 877. The van der Waals surface area contributed by atoms with Crippen molar-refractivity contribution in [2.24, 2.45) is 7.05 Å². The fourth-order valence-corrected chi connectivity index (χ4v) is 2.92. The molecule has 0 fully saturated rings. The van der Waals surface area contributed by atoms with Crippen LogP contribution < -0.4 is 10.1 Å². The zero-order valence-electron chi connectivity index (χ0n) is 14.1. The van der Waals surface area contributed by atoms with Crippen LogP contribution in [0, 0.1) is 0 Å². The van der Waals surface area contributed by atoms with Gasteiger partial charge < -0.3 is 14.6 Å². The molecular weight excluding hydrogens is 357 g/mol. The smallest absolute Gasteiger partial charge is 0.203 e. The van der Waals surface area contributed by atoms with Gasteiger partial charge in [-0.1, -0.05) is 47.5 Å². The summed E-state index contributed by atoms with van der Waals surface area (Å²) in [7, 11) is 1.96. The van der Waals surface area contributed by atoms with Gasteiger partial charge in [0.25, 0.3) is 0 Å². The first-order chi connectivity index (χ1) is 12.1. The van der Waals surface area contributed by atoms with Crippen LogP contribution in [-0.4, -0.2) is 16.2 Å². The second-order valence-corrected chi connectivity index (χ2v) is 6.36. The van der Waals surface area contributed by atoms with E-state index >= 15 is 0 Å². The minimum atomic E-state index is 0.528. The number of ether oxygens (including phenoxy) is 1. The number of nitrogens with one attached hydrogen (secondary N) is 1. The van der Waals surface area contributed by atoms with Crippen LogP contribution in [0.2, 0.25) is 10.0 Å². The Kier molecular flexibility index (Phi) is 5.51. The molecule has 1 N–H and O–H groups in total. The molecule has 0 aliphatic rings. The zero-order valence-corrected chi connectivity index (χ0v) is 15.6. The lowest BCUT2D eigenvalue weighted by Gasteiger charge is -2.12. The lowest BCUT2D eigenvalue weighted by Crippen LogP contribution is -2.07. The number of nitrogens with zero attached hydrogens (tertiary/aromatic N) is 2. The van der Waals surface area contributed by atoms with Gasteiger partial charge in [-0.15, -0.1) is 0 Å². The number of rotatable bonds is 6. The van der Waals surface area contributed by atoms with Crippen LogP contribution in [0.15, 0.2) is 48.7 Å². The highest BCUT2D eigenvalue weighted by molar-refractivity contribution is 6.42. The molecule has 0 saturated carbocycles. The van der Waals surface area contributed by atoms with E-state index in [9.17, 15) is 0 Å². The largest absolute Gasteiger partial charge is 0.494 e. The Balaban J connectivity index is 1.79. The first-order valence-electron chi connectivity index (χ1n) is 8.02. The Labute approximate surface area is 157 Å². The highest BCUT2D eigenvalue weighted by Gasteiger charge is 2.11. The van der Waals surface area contributed by atoms with Crippen molar-refractivity contribution in [2.75, 3.05) is 11.9 Å². The van der Waals surface area contributed by atoms with E-state index in [1.54, 1.807) is 6.07 Å². The fraction of sp³-hybridized carbons (Fsp3) is 0.211. The molecule has 1 heterocycles. The summed E-state index contributed by atoms with van der Waals surface area (Å²) >= 11 is 12.1. The van der Waals surface area contributed by atoms with Gasteiger partial charge in [-0.25, -0.2) is 4.98 Å². The van der Waals surface area contributed by atoms with Crippen molar-refractivity contribution in [3.05, 3.63) is 64.3 Å². The van der Waals surface area contributed by atoms with Gasteiger partial charge >= 0.3 is 0 Å². The molecule has 6 heteroatoms. The summed E-state index contributed by atoms with van der Waals surface area (Å²) in [6.07, 6.45) is 1.82. The first kappa shape index (κ1) is 17.6. The molecule has 2 aromatic carbocycles. The fourth-order valence-electron chi connectivity index (χ4n) is 2.62. The highest BCUT2D eigenvalue weighted by Crippen LogP contribution is 2.29. The SMILES string of the molecule is CCOc1ccccc1CNc1ncc(-c2ccc(Cl)c(Cl)c2)n1C. The molecule has 0 saturated heterocycles. The number of anilines is 1. The van der Waals surface area contributed by atoms with E-state index in [2.05, 4.69) is 10.3 Å². The standard InChI is InChI=1S/C19H19Cl2N3O/c1-3-25-18-7-5-4-6-14(18)11-22-19-23-12-17(24(19)2)13-8-9-15(20)16(21)10-13/h4-10,12H,3,11H2,1-2H3,(H,22,23).